The van der Waals surface area contributed by atoms with Crippen LogP contribution in [0.25, 0.3) is 0 Å². The fraction of sp³-hybridized carbons (Fsp3) is 0.692. The van der Waals surface area contributed by atoms with Crippen LogP contribution in [0.5, 0.6) is 0 Å². The number of nitrogens with zero attached hydrogens (tertiary/aromatic N) is 4. The third-order valence-corrected chi connectivity index (χ3v) is 3.03. The van der Waals surface area contributed by atoms with Gasteiger partial charge >= 0.3 is 0 Å². The first-order valence-corrected chi connectivity index (χ1v) is 6.42. The molecule has 1 aromatic heterocycles. The van der Waals surface area contributed by atoms with Crippen molar-refractivity contribution in [3.8, 4) is 0 Å². The fourth-order valence-electron chi connectivity index (χ4n) is 2.20. The summed E-state index contributed by atoms with van der Waals surface area (Å²) in [5.41, 5.74) is 0.460. The van der Waals surface area contributed by atoms with Gasteiger partial charge in [-0.05, 0) is 26.3 Å². The topological polar surface area (TPSA) is 52.5 Å². The first-order chi connectivity index (χ1) is 8.44. The van der Waals surface area contributed by atoms with Crippen LogP contribution in [0.2, 0.25) is 0 Å². The highest BCUT2D eigenvalue weighted by Gasteiger charge is 2.23. The lowest BCUT2D eigenvalue weighted by Crippen LogP contribution is -2.50. The standard InChI is InChI=1S/C13H22N4O/c1-11-8-14-12(15-9-11)17-6-4-16(5-7-17)10-13(2,3)18/h8-9,18H,4-7,10H2,1-3H3. The molecule has 0 aliphatic carbocycles. The van der Waals surface area contributed by atoms with E-state index in [1.165, 1.54) is 0 Å². The summed E-state index contributed by atoms with van der Waals surface area (Å²) in [5, 5.41) is 9.80. The first-order valence-electron chi connectivity index (χ1n) is 6.42. The maximum atomic E-state index is 9.80. The summed E-state index contributed by atoms with van der Waals surface area (Å²) in [6.07, 6.45) is 3.71. The second-order valence-electron chi connectivity index (χ2n) is 5.64. The van der Waals surface area contributed by atoms with Crippen LogP contribution in [0.4, 0.5) is 5.95 Å². The number of hydrogen-bond donors (Lipinski definition) is 1. The van der Waals surface area contributed by atoms with Crippen molar-refractivity contribution >= 4 is 5.95 Å². The van der Waals surface area contributed by atoms with Crippen LogP contribution in [-0.2, 0) is 0 Å². The molecule has 18 heavy (non-hydrogen) atoms. The van der Waals surface area contributed by atoms with Crippen molar-refractivity contribution < 1.29 is 5.11 Å². The van der Waals surface area contributed by atoms with Gasteiger partial charge in [0.25, 0.3) is 0 Å². The van der Waals surface area contributed by atoms with Gasteiger partial charge in [0.15, 0.2) is 0 Å². The van der Waals surface area contributed by atoms with E-state index in [1.807, 2.05) is 33.2 Å². The van der Waals surface area contributed by atoms with Crippen LogP contribution in [0.1, 0.15) is 19.4 Å². The molecule has 0 atom stereocenters. The molecule has 5 heteroatoms. The molecule has 5 nitrogen and oxygen atoms in total. The Morgan fingerprint density at radius 2 is 1.72 bits per heavy atom. The Morgan fingerprint density at radius 3 is 2.22 bits per heavy atom. The molecule has 1 aromatic rings. The van der Waals surface area contributed by atoms with Crippen molar-refractivity contribution in [1.29, 1.82) is 0 Å². The molecule has 0 spiro atoms. The van der Waals surface area contributed by atoms with Gasteiger partial charge in [-0.2, -0.15) is 0 Å². The maximum absolute atomic E-state index is 9.80. The van der Waals surface area contributed by atoms with Gasteiger partial charge in [0.1, 0.15) is 0 Å². The monoisotopic (exact) mass is 250 g/mol. The molecule has 0 unspecified atom stereocenters. The largest absolute Gasteiger partial charge is 0.389 e. The van der Waals surface area contributed by atoms with Gasteiger partial charge in [-0.3, -0.25) is 4.90 Å². The zero-order valence-electron chi connectivity index (χ0n) is 11.4. The van der Waals surface area contributed by atoms with E-state index in [4.69, 9.17) is 0 Å². The van der Waals surface area contributed by atoms with E-state index in [0.717, 1.165) is 44.2 Å². The summed E-state index contributed by atoms with van der Waals surface area (Å²) in [5.74, 6) is 0.809. The van der Waals surface area contributed by atoms with Crippen LogP contribution in [-0.4, -0.2) is 58.3 Å². The zero-order valence-corrected chi connectivity index (χ0v) is 11.4. The van der Waals surface area contributed by atoms with Crippen molar-refractivity contribution in [2.45, 2.75) is 26.4 Å². The minimum Gasteiger partial charge on any atom is -0.389 e. The van der Waals surface area contributed by atoms with Gasteiger partial charge < -0.3 is 10.0 Å². The Bertz CT molecular complexity index is 377. The first kappa shape index (κ1) is 13.2. The molecule has 1 aliphatic heterocycles. The van der Waals surface area contributed by atoms with Gasteiger partial charge in [0.05, 0.1) is 5.60 Å². The van der Waals surface area contributed by atoms with Crippen LogP contribution in [0.15, 0.2) is 12.4 Å². The Balaban J connectivity index is 1.88. The minimum atomic E-state index is -0.622. The minimum absolute atomic E-state index is 0.622. The Labute approximate surface area is 108 Å². The molecule has 100 valence electrons. The molecule has 0 saturated carbocycles. The van der Waals surface area contributed by atoms with Crippen LogP contribution < -0.4 is 4.90 Å². The SMILES string of the molecule is Cc1cnc(N2CCN(CC(C)(C)O)CC2)nc1. The van der Waals surface area contributed by atoms with E-state index in [1.54, 1.807) is 0 Å². The molecule has 0 radical (unpaired) electrons. The van der Waals surface area contributed by atoms with E-state index in [0.29, 0.717) is 0 Å². The lowest BCUT2D eigenvalue weighted by molar-refractivity contribution is 0.0344. The smallest absolute Gasteiger partial charge is 0.225 e. The summed E-state index contributed by atoms with van der Waals surface area (Å²) < 4.78 is 0. The van der Waals surface area contributed by atoms with E-state index in [9.17, 15) is 5.11 Å². The molecule has 1 saturated heterocycles. The number of anilines is 1. The second-order valence-corrected chi connectivity index (χ2v) is 5.64. The maximum Gasteiger partial charge on any atom is 0.225 e. The molecule has 1 aliphatic rings. The number of β-amino-alcohol motifs (C(OH)–C–C–N with tert-alkyl or cyclic N) is 1. The van der Waals surface area contributed by atoms with Gasteiger partial charge in [-0.25, -0.2) is 9.97 Å². The molecule has 0 aromatic carbocycles. The summed E-state index contributed by atoms with van der Waals surface area (Å²) in [7, 11) is 0. The molecule has 0 amide bonds. The van der Waals surface area contributed by atoms with Crippen molar-refractivity contribution in [3.05, 3.63) is 18.0 Å². The number of aryl methyl sites for hydroxylation is 1. The molecule has 0 bridgehead atoms. The van der Waals surface area contributed by atoms with Gasteiger partial charge in [-0.1, -0.05) is 0 Å². The average Bonchev–Trinajstić information content (AvgIpc) is 2.29. The Kier molecular flexibility index (Phi) is 3.82. The third-order valence-electron chi connectivity index (χ3n) is 3.03. The Hall–Kier alpha value is -1.20. The molecule has 2 rings (SSSR count). The highest BCUT2D eigenvalue weighted by Crippen LogP contribution is 2.12. The third kappa shape index (κ3) is 3.65. The lowest BCUT2D eigenvalue weighted by atomic mass is 10.1. The van der Waals surface area contributed by atoms with Gasteiger partial charge in [-0.15, -0.1) is 0 Å². The molecule has 1 fully saturated rings. The number of aromatic nitrogens is 2. The second kappa shape index (κ2) is 5.20. The van der Waals surface area contributed by atoms with Crippen LogP contribution in [0.3, 0.4) is 0 Å². The highest BCUT2D eigenvalue weighted by molar-refractivity contribution is 5.30. The van der Waals surface area contributed by atoms with Crippen LogP contribution in [0, 0.1) is 6.92 Å². The zero-order chi connectivity index (χ0) is 13.2. The van der Waals surface area contributed by atoms with Crippen LogP contribution >= 0.6 is 0 Å². The number of aliphatic hydroxyl groups is 1. The van der Waals surface area contributed by atoms with Gasteiger partial charge in [0.2, 0.25) is 5.95 Å². The molecular formula is C13H22N4O. The van der Waals surface area contributed by atoms with E-state index in [2.05, 4.69) is 19.8 Å². The summed E-state index contributed by atoms with van der Waals surface area (Å²) in [4.78, 5) is 13.2. The number of rotatable bonds is 3. The van der Waals surface area contributed by atoms with Gasteiger partial charge in [0, 0.05) is 45.1 Å². The van der Waals surface area contributed by atoms with E-state index < -0.39 is 5.60 Å². The lowest BCUT2D eigenvalue weighted by Gasteiger charge is -2.37. The van der Waals surface area contributed by atoms with Crippen molar-refractivity contribution in [2.24, 2.45) is 0 Å². The highest BCUT2D eigenvalue weighted by atomic mass is 16.3. The molecule has 1 N–H and O–H groups in total. The normalized spacial score (nSPS) is 18.1. The van der Waals surface area contributed by atoms with Crippen molar-refractivity contribution in [1.82, 2.24) is 14.9 Å². The molecule has 2 heterocycles. The quantitative estimate of drug-likeness (QED) is 0.855. The Morgan fingerprint density at radius 1 is 1.17 bits per heavy atom. The number of piperazine rings is 1. The predicted molar refractivity (Wildman–Crippen MR) is 71.7 cm³/mol. The van der Waals surface area contributed by atoms with Crippen molar-refractivity contribution in [2.75, 3.05) is 37.6 Å². The van der Waals surface area contributed by atoms with Crippen molar-refractivity contribution in [3.63, 3.8) is 0 Å². The van der Waals surface area contributed by atoms with E-state index in [-0.39, 0.29) is 0 Å². The number of hydrogen-bond acceptors (Lipinski definition) is 5. The molecular weight excluding hydrogens is 228 g/mol. The summed E-state index contributed by atoms with van der Waals surface area (Å²) >= 11 is 0. The fourth-order valence-corrected chi connectivity index (χ4v) is 2.20. The average molecular weight is 250 g/mol. The summed E-state index contributed by atoms with van der Waals surface area (Å²) in [6, 6.07) is 0. The van der Waals surface area contributed by atoms with E-state index >= 15 is 0 Å². The summed E-state index contributed by atoms with van der Waals surface area (Å²) in [6.45, 7) is 10.1. The predicted octanol–water partition coefficient (Wildman–Crippen LogP) is 0.678.